The maximum Gasteiger partial charge on any atom is 0.231 e. The van der Waals surface area contributed by atoms with Crippen LogP contribution >= 0.6 is 0 Å². The molecular formula is C12H13NO2. The molecule has 1 aliphatic rings. The number of carbonyl (C=O) groups is 2. The summed E-state index contributed by atoms with van der Waals surface area (Å²) in [5.74, 6) is 0.128. The van der Waals surface area contributed by atoms with Crippen LogP contribution in [-0.4, -0.2) is 19.2 Å². The fourth-order valence-corrected chi connectivity index (χ4v) is 1.99. The fraction of sp³-hybridized carbons (Fsp3) is 0.333. The van der Waals surface area contributed by atoms with E-state index in [-0.39, 0.29) is 5.91 Å². The van der Waals surface area contributed by atoms with Gasteiger partial charge < -0.3 is 9.69 Å². The van der Waals surface area contributed by atoms with E-state index in [1.54, 1.807) is 11.9 Å². The lowest BCUT2D eigenvalue weighted by atomic mass is 10.0. The molecule has 1 heterocycles. The maximum atomic E-state index is 11.5. The smallest absolute Gasteiger partial charge is 0.231 e. The first-order valence-electron chi connectivity index (χ1n) is 5.05. The van der Waals surface area contributed by atoms with Gasteiger partial charge in [-0.05, 0) is 23.6 Å². The van der Waals surface area contributed by atoms with Crippen molar-refractivity contribution >= 4 is 17.9 Å². The highest BCUT2D eigenvalue weighted by Gasteiger charge is 2.25. The van der Waals surface area contributed by atoms with E-state index in [1.807, 2.05) is 18.2 Å². The van der Waals surface area contributed by atoms with Crippen LogP contribution in [0.3, 0.4) is 0 Å². The Labute approximate surface area is 88.7 Å². The molecule has 0 radical (unpaired) electrons. The molecule has 1 amide bonds. The number of likely N-dealkylation sites (N-methyl/N-ethyl adjacent to an activating group) is 1. The Balaban J connectivity index is 2.36. The van der Waals surface area contributed by atoms with Gasteiger partial charge in [-0.25, -0.2) is 0 Å². The van der Waals surface area contributed by atoms with Gasteiger partial charge in [-0.15, -0.1) is 0 Å². The molecule has 0 unspecified atom stereocenters. The van der Waals surface area contributed by atoms with E-state index >= 15 is 0 Å². The van der Waals surface area contributed by atoms with Crippen molar-refractivity contribution in [2.75, 3.05) is 11.9 Å². The number of aryl methyl sites for hydroxylation is 1. The van der Waals surface area contributed by atoms with Crippen LogP contribution in [0.1, 0.15) is 17.5 Å². The molecule has 15 heavy (non-hydrogen) atoms. The molecule has 1 aromatic rings. The van der Waals surface area contributed by atoms with Crippen LogP contribution in [0.15, 0.2) is 18.2 Å². The highest BCUT2D eigenvalue weighted by atomic mass is 16.2. The minimum absolute atomic E-state index is 0.128. The van der Waals surface area contributed by atoms with E-state index in [9.17, 15) is 9.59 Å². The molecule has 0 aliphatic carbocycles. The van der Waals surface area contributed by atoms with Crippen LogP contribution in [0.2, 0.25) is 0 Å². The Kier molecular flexibility index (Phi) is 2.54. The standard InChI is InChI=1S/C12H13NO2/c1-13-11-6-2-4-9(5-3-7-14)10(11)8-12(13)15/h2,4,6-7H,3,5,8H2,1H3. The second-order valence-corrected chi connectivity index (χ2v) is 3.75. The van der Waals surface area contributed by atoms with E-state index in [2.05, 4.69) is 0 Å². The molecular weight excluding hydrogens is 190 g/mol. The molecule has 0 fully saturated rings. The second-order valence-electron chi connectivity index (χ2n) is 3.75. The Morgan fingerprint density at radius 1 is 1.47 bits per heavy atom. The molecule has 0 aromatic heterocycles. The first kappa shape index (κ1) is 9.90. The number of nitrogens with zero attached hydrogens (tertiary/aromatic N) is 1. The summed E-state index contributed by atoms with van der Waals surface area (Å²) in [5, 5.41) is 0. The number of aldehydes is 1. The third kappa shape index (κ3) is 1.65. The molecule has 78 valence electrons. The number of anilines is 1. The summed E-state index contributed by atoms with van der Waals surface area (Å²) in [5.41, 5.74) is 3.20. The first-order valence-corrected chi connectivity index (χ1v) is 5.05. The molecule has 0 atom stereocenters. The summed E-state index contributed by atoms with van der Waals surface area (Å²) in [6.07, 6.45) is 2.64. The van der Waals surface area contributed by atoms with E-state index in [0.29, 0.717) is 12.8 Å². The molecule has 0 saturated heterocycles. The quantitative estimate of drug-likeness (QED) is 0.695. The molecule has 3 heteroatoms. The number of rotatable bonds is 3. The first-order chi connectivity index (χ1) is 7.24. The Hall–Kier alpha value is -1.64. The zero-order chi connectivity index (χ0) is 10.8. The van der Waals surface area contributed by atoms with Gasteiger partial charge in [0.05, 0.1) is 6.42 Å². The monoisotopic (exact) mass is 203 g/mol. The Morgan fingerprint density at radius 2 is 2.27 bits per heavy atom. The van der Waals surface area contributed by atoms with Crippen LogP contribution in [0, 0.1) is 0 Å². The van der Waals surface area contributed by atoms with Crippen molar-refractivity contribution in [2.45, 2.75) is 19.3 Å². The SMILES string of the molecule is CN1C(=O)Cc2c(CCC=O)cccc21. The van der Waals surface area contributed by atoms with Gasteiger partial charge >= 0.3 is 0 Å². The molecule has 2 rings (SSSR count). The summed E-state index contributed by atoms with van der Waals surface area (Å²) in [6.45, 7) is 0. The predicted octanol–water partition coefficient (Wildman–Crippen LogP) is 1.34. The van der Waals surface area contributed by atoms with Gasteiger partial charge in [0, 0.05) is 19.2 Å². The average molecular weight is 203 g/mol. The van der Waals surface area contributed by atoms with Crippen molar-refractivity contribution in [3.05, 3.63) is 29.3 Å². The van der Waals surface area contributed by atoms with Gasteiger partial charge in [-0.3, -0.25) is 4.79 Å². The van der Waals surface area contributed by atoms with Gasteiger partial charge in [-0.1, -0.05) is 12.1 Å². The third-order valence-electron chi connectivity index (χ3n) is 2.84. The molecule has 0 bridgehead atoms. The summed E-state index contributed by atoms with van der Waals surface area (Å²) in [4.78, 5) is 23.5. The van der Waals surface area contributed by atoms with Gasteiger partial charge in [0.15, 0.2) is 0 Å². The highest BCUT2D eigenvalue weighted by molar-refractivity contribution is 6.01. The van der Waals surface area contributed by atoms with E-state index in [1.165, 1.54) is 0 Å². The maximum absolute atomic E-state index is 11.5. The van der Waals surface area contributed by atoms with Crippen molar-refractivity contribution in [3.8, 4) is 0 Å². The summed E-state index contributed by atoms with van der Waals surface area (Å²) < 4.78 is 0. The molecule has 1 aliphatic heterocycles. The van der Waals surface area contributed by atoms with Crippen LogP contribution in [0.5, 0.6) is 0 Å². The van der Waals surface area contributed by atoms with Crippen LogP contribution < -0.4 is 4.90 Å². The zero-order valence-electron chi connectivity index (χ0n) is 8.69. The average Bonchev–Trinajstić information content (AvgIpc) is 2.53. The van der Waals surface area contributed by atoms with Gasteiger partial charge in [0.2, 0.25) is 5.91 Å². The Morgan fingerprint density at radius 3 is 3.00 bits per heavy atom. The van der Waals surface area contributed by atoms with E-state index in [4.69, 9.17) is 0 Å². The lowest BCUT2D eigenvalue weighted by Gasteiger charge is -2.10. The summed E-state index contributed by atoms with van der Waals surface area (Å²) >= 11 is 0. The number of amides is 1. The van der Waals surface area contributed by atoms with Crippen molar-refractivity contribution in [1.82, 2.24) is 0 Å². The predicted molar refractivity (Wildman–Crippen MR) is 57.9 cm³/mol. The summed E-state index contributed by atoms with van der Waals surface area (Å²) in [6, 6.07) is 5.88. The molecule has 3 nitrogen and oxygen atoms in total. The molecule has 1 aromatic carbocycles. The second kappa shape index (κ2) is 3.85. The summed E-state index contributed by atoms with van der Waals surface area (Å²) in [7, 11) is 1.79. The zero-order valence-corrected chi connectivity index (χ0v) is 8.69. The van der Waals surface area contributed by atoms with Gasteiger partial charge in [0.25, 0.3) is 0 Å². The van der Waals surface area contributed by atoms with Crippen LogP contribution in [0.25, 0.3) is 0 Å². The van der Waals surface area contributed by atoms with Crippen molar-refractivity contribution in [2.24, 2.45) is 0 Å². The lowest BCUT2D eigenvalue weighted by Crippen LogP contribution is -2.20. The van der Waals surface area contributed by atoms with Crippen molar-refractivity contribution in [1.29, 1.82) is 0 Å². The lowest BCUT2D eigenvalue weighted by molar-refractivity contribution is -0.117. The number of hydrogen-bond donors (Lipinski definition) is 0. The van der Waals surface area contributed by atoms with Crippen molar-refractivity contribution < 1.29 is 9.59 Å². The van der Waals surface area contributed by atoms with E-state index in [0.717, 1.165) is 29.5 Å². The number of hydrogen-bond acceptors (Lipinski definition) is 2. The van der Waals surface area contributed by atoms with E-state index < -0.39 is 0 Å². The molecule has 0 N–H and O–H groups in total. The molecule has 0 spiro atoms. The topological polar surface area (TPSA) is 37.4 Å². The Bertz CT molecular complexity index is 412. The normalized spacial score (nSPS) is 14.2. The minimum Gasteiger partial charge on any atom is -0.315 e. The largest absolute Gasteiger partial charge is 0.315 e. The van der Waals surface area contributed by atoms with Gasteiger partial charge in [0.1, 0.15) is 6.29 Å². The van der Waals surface area contributed by atoms with Crippen molar-refractivity contribution in [3.63, 3.8) is 0 Å². The fourth-order valence-electron chi connectivity index (χ4n) is 1.99. The van der Waals surface area contributed by atoms with Crippen LogP contribution in [0.4, 0.5) is 5.69 Å². The molecule has 0 saturated carbocycles. The minimum atomic E-state index is 0.128. The number of benzene rings is 1. The highest BCUT2D eigenvalue weighted by Crippen LogP contribution is 2.30. The van der Waals surface area contributed by atoms with Crippen LogP contribution in [-0.2, 0) is 22.4 Å². The van der Waals surface area contributed by atoms with Gasteiger partial charge in [-0.2, -0.15) is 0 Å². The number of fused-ring (bicyclic) bond motifs is 1. The third-order valence-corrected chi connectivity index (χ3v) is 2.84. The number of carbonyl (C=O) groups excluding carboxylic acids is 2.